The van der Waals surface area contributed by atoms with Crippen LogP contribution < -0.4 is 20.9 Å². The summed E-state index contributed by atoms with van der Waals surface area (Å²) in [7, 11) is 0. The number of fused-ring (bicyclic) bond motifs is 1. The summed E-state index contributed by atoms with van der Waals surface area (Å²) in [5, 5.41) is 8.62. The van der Waals surface area contributed by atoms with E-state index in [0.717, 1.165) is 58.0 Å². The Kier molecular flexibility index (Phi) is 7.80. The molecule has 8 heteroatoms. The maximum Gasteiger partial charge on any atom is 0.319 e. The first-order valence-electron chi connectivity index (χ1n) is 11.7. The summed E-state index contributed by atoms with van der Waals surface area (Å²) in [5.41, 5.74) is 4.70. The predicted octanol–water partition coefficient (Wildman–Crippen LogP) is 2.45. The molecule has 0 bridgehead atoms. The van der Waals surface area contributed by atoms with Crippen LogP contribution in [0.4, 0.5) is 16.2 Å². The van der Waals surface area contributed by atoms with E-state index in [4.69, 9.17) is 4.74 Å². The Morgan fingerprint density at radius 2 is 1.79 bits per heavy atom. The normalized spacial score (nSPS) is 16.1. The summed E-state index contributed by atoms with van der Waals surface area (Å²) in [6.45, 7) is 8.61. The Morgan fingerprint density at radius 3 is 2.58 bits per heavy atom. The number of rotatable bonds is 7. The zero-order valence-corrected chi connectivity index (χ0v) is 19.2. The van der Waals surface area contributed by atoms with Crippen molar-refractivity contribution in [2.24, 2.45) is 0 Å². The molecular formula is C25H33N5O3. The third-order valence-corrected chi connectivity index (χ3v) is 6.13. The maximum atomic E-state index is 13.2. The summed E-state index contributed by atoms with van der Waals surface area (Å²) < 4.78 is 5.39. The zero-order valence-electron chi connectivity index (χ0n) is 19.2. The van der Waals surface area contributed by atoms with Crippen LogP contribution in [-0.2, 0) is 17.7 Å². The van der Waals surface area contributed by atoms with Crippen LogP contribution in [0.1, 0.15) is 28.4 Å². The minimum Gasteiger partial charge on any atom is -0.379 e. The molecule has 2 heterocycles. The van der Waals surface area contributed by atoms with Gasteiger partial charge < -0.3 is 25.6 Å². The minimum atomic E-state index is -0.282. The lowest BCUT2D eigenvalue weighted by atomic mass is 9.98. The number of carbonyl (C=O) groups excluding carboxylic acids is 2. The SMILES string of the molecule is CCNC(=O)Nc1ccc(N2CCc3ccccc3C2)c(C(=O)NCCN2CCOCC2)c1. The number of anilines is 2. The van der Waals surface area contributed by atoms with Gasteiger partial charge in [-0.25, -0.2) is 4.79 Å². The fourth-order valence-electron chi connectivity index (χ4n) is 4.36. The lowest BCUT2D eigenvalue weighted by Crippen LogP contribution is -2.41. The monoisotopic (exact) mass is 451 g/mol. The van der Waals surface area contributed by atoms with Crippen LogP contribution in [0.3, 0.4) is 0 Å². The minimum absolute atomic E-state index is 0.128. The molecule has 176 valence electrons. The molecule has 0 atom stereocenters. The maximum absolute atomic E-state index is 13.2. The molecule has 1 fully saturated rings. The molecule has 0 aromatic heterocycles. The van der Waals surface area contributed by atoms with E-state index in [1.165, 1.54) is 11.1 Å². The molecule has 8 nitrogen and oxygen atoms in total. The van der Waals surface area contributed by atoms with Crippen molar-refractivity contribution in [1.82, 2.24) is 15.5 Å². The van der Waals surface area contributed by atoms with Crippen molar-refractivity contribution in [2.75, 3.05) is 62.7 Å². The molecule has 0 unspecified atom stereocenters. The molecule has 3 N–H and O–H groups in total. The Morgan fingerprint density at radius 1 is 1.00 bits per heavy atom. The second-order valence-corrected chi connectivity index (χ2v) is 8.37. The first-order valence-corrected chi connectivity index (χ1v) is 11.7. The van der Waals surface area contributed by atoms with Crippen LogP contribution in [0.2, 0.25) is 0 Å². The van der Waals surface area contributed by atoms with Gasteiger partial charge in [-0.3, -0.25) is 9.69 Å². The quantitative estimate of drug-likeness (QED) is 0.602. The van der Waals surface area contributed by atoms with Gasteiger partial charge in [0.15, 0.2) is 0 Å². The predicted molar refractivity (Wildman–Crippen MR) is 130 cm³/mol. The van der Waals surface area contributed by atoms with Gasteiger partial charge in [-0.1, -0.05) is 24.3 Å². The second-order valence-electron chi connectivity index (χ2n) is 8.37. The lowest BCUT2D eigenvalue weighted by Gasteiger charge is -2.32. The topological polar surface area (TPSA) is 85.9 Å². The molecule has 4 rings (SSSR count). The molecular weight excluding hydrogens is 418 g/mol. The molecule has 2 aliphatic rings. The van der Waals surface area contributed by atoms with Crippen LogP contribution >= 0.6 is 0 Å². The molecule has 2 aromatic rings. The van der Waals surface area contributed by atoms with Gasteiger partial charge in [0.2, 0.25) is 0 Å². The van der Waals surface area contributed by atoms with Gasteiger partial charge in [-0.2, -0.15) is 0 Å². The molecule has 33 heavy (non-hydrogen) atoms. The van der Waals surface area contributed by atoms with Gasteiger partial charge in [0.1, 0.15) is 0 Å². The van der Waals surface area contributed by atoms with Crippen molar-refractivity contribution in [3.05, 3.63) is 59.2 Å². The second kappa shape index (κ2) is 11.2. The van der Waals surface area contributed by atoms with Crippen molar-refractivity contribution >= 4 is 23.3 Å². The fraction of sp³-hybridized carbons (Fsp3) is 0.440. The average Bonchev–Trinajstić information content (AvgIpc) is 2.84. The van der Waals surface area contributed by atoms with E-state index in [1.54, 1.807) is 6.07 Å². The highest BCUT2D eigenvalue weighted by molar-refractivity contribution is 6.02. The zero-order chi connectivity index (χ0) is 23.0. The molecule has 2 aliphatic heterocycles. The molecule has 3 amide bonds. The molecule has 2 aromatic carbocycles. The first-order chi connectivity index (χ1) is 16.1. The van der Waals surface area contributed by atoms with E-state index >= 15 is 0 Å². The van der Waals surface area contributed by atoms with Crippen LogP contribution in [0.15, 0.2) is 42.5 Å². The van der Waals surface area contributed by atoms with E-state index in [0.29, 0.717) is 24.3 Å². The first kappa shape index (κ1) is 23.1. The highest BCUT2D eigenvalue weighted by atomic mass is 16.5. The average molecular weight is 452 g/mol. The van der Waals surface area contributed by atoms with E-state index in [1.807, 2.05) is 19.1 Å². The van der Waals surface area contributed by atoms with Gasteiger partial charge in [0.05, 0.1) is 18.8 Å². The van der Waals surface area contributed by atoms with Gasteiger partial charge >= 0.3 is 6.03 Å². The van der Waals surface area contributed by atoms with Crippen molar-refractivity contribution in [3.8, 4) is 0 Å². The lowest BCUT2D eigenvalue weighted by molar-refractivity contribution is 0.0383. The van der Waals surface area contributed by atoms with Gasteiger partial charge in [-0.15, -0.1) is 0 Å². The summed E-state index contributed by atoms with van der Waals surface area (Å²) in [5.74, 6) is -0.128. The number of hydrogen-bond donors (Lipinski definition) is 3. The number of benzene rings is 2. The molecule has 0 aliphatic carbocycles. The summed E-state index contributed by atoms with van der Waals surface area (Å²) in [4.78, 5) is 29.8. The third kappa shape index (κ3) is 6.03. The summed E-state index contributed by atoms with van der Waals surface area (Å²) >= 11 is 0. The van der Waals surface area contributed by atoms with Crippen LogP contribution in [-0.4, -0.2) is 69.3 Å². The summed E-state index contributed by atoms with van der Waals surface area (Å²) in [6.07, 6.45) is 0.938. The standard InChI is InChI=1S/C25H33N5O3/c1-2-26-25(32)28-21-7-8-23(30-11-9-19-5-3-4-6-20(19)18-30)22(17-21)24(31)27-10-12-29-13-15-33-16-14-29/h3-8,17H,2,9-16,18H2,1H3,(H,27,31)(H2,26,28,32). The van der Waals surface area contributed by atoms with E-state index < -0.39 is 0 Å². The number of urea groups is 1. The van der Waals surface area contributed by atoms with Gasteiger partial charge in [0.25, 0.3) is 5.91 Å². The van der Waals surface area contributed by atoms with E-state index in [2.05, 4.69) is 50.0 Å². The number of morpholine rings is 1. The smallest absolute Gasteiger partial charge is 0.319 e. The summed E-state index contributed by atoms with van der Waals surface area (Å²) in [6, 6.07) is 13.7. The molecule has 0 saturated carbocycles. The molecule has 0 radical (unpaired) electrons. The van der Waals surface area contributed by atoms with Crippen molar-refractivity contribution in [1.29, 1.82) is 0 Å². The fourth-order valence-corrected chi connectivity index (χ4v) is 4.36. The van der Waals surface area contributed by atoms with E-state index in [9.17, 15) is 9.59 Å². The Balaban J connectivity index is 1.51. The van der Waals surface area contributed by atoms with Gasteiger partial charge in [0, 0.05) is 57.2 Å². The Labute approximate surface area is 195 Å². The Hall–Kier alpha value is -3.10. The largest absolute Gasteiger partial charge is 0.379 e. The number of nitrogens with zero attached hydrogens (tertiary/aromatic N) is 2. The van der Waals surface area contributed by atoms with E-state index in [-0.39, 0.29) is 11.9 Å². The van der Waals surface area contributed by atoms with Crippen LogP contribution in [0.25, 0.3) is 0 Å². The number of hydrogen-bond acceptors (Lipinski definition) is 5. The van der Waals surface area contributed by atoms with Crippen molar-refractivity contribution in [3.63, 3.8) is 0 Å². The number of carbonyl (C=O) groups is 2. The Bertz CT molecular complexity index is 974. The number of nitrogens with one attached hydrogen (secondary N) is 3. The van der Waals surface area contributed by atoms with Crippen molar-refractivity contribution < 1.29 is 14.3 Å². The van der Waals surface area contributed by atoms with Crippen LogP contribution in [0.5, 0.6) is 0 Å². The number of amides is 3. The van der Waals surface area contributed by atoms with Crippen LogP contribution in [0, 0.1) is 0 Å². The highest BCUT2D eigenvalue weighted by Crippen LogP contribution is 2.29. The third-order valence-electron chi connectivity index (χ3n) is 6.13. The number of ether oxygens (including phenoxy) is 1. The van der Waals surface area contributed by atoms with Crippen molar-refractivity contribution in [2.45, 2.75) is 19.9 Å². The highest BCUT2D eigenvalue weighted by Gasteiger charge is 2.22. The molecule has 0 spiro atoms. The molecule has 1 saturated heterocycles. The van der Waals surface area contributed by atoms with Gasteiger partial charge in [-0.05, 0) is 42.7 Å².